The van der Waals surface area contributed by atoms with Gasteiger partial charge in [-0.05, 0) is 56.7 Å². The Hall–Kier alpha value is -3.51. The molecule has 0 saturated heterocycles. The van der Waals surface area contributed by atoms with E-state index in [9.17, 15) is 9.59 Å². The second kappa shape index (κ2) is 9.62. The minimum Gasteiger partial charge on any atom is -0.462 e. The van der Waals surface area contributed by atoms with Crippen LogP contribution in [-0.4, -0.2) is 23.5 Å². The van der Waals surface area contributed by atoms with Crippen molar-refractivity contribution in [1.82, 2.24) is 4.98 Å². The lowest BCUT2D eigenvalue weighted by molar-refractivity contribution is 0.0526. The smallest absolute Gasteiger partial charge is 0.341 e. The second-order valence-corrected chi connectivity index (χ2v) is 10.3. The lowest BCUT2D eigenvalue weighted by Gasteiger charge is -2.18. The van der Waals surface area contributed by atoms with Crippen molar-refractivity contribution >= 4 is 39.1 Å². The Morgan fingerprint density at radius 3 is 2.69 bits per heavy atom. The van der Waals surface area contributed by atoms with E-state index in [0.29, 0.717) is 28.7 Å². The molecule has 0 unspecified atom stereocenters. The van der Waals surface area contributed by atoms with E-state index >= 15 is 0 Å². The van der Waals surface area contributed by atoms with Crippen LogP contribution >= 0.6 is 11.3 Å². The molecule has 0 spiro atoms. The minimum absolute atomic E-state index is 0.255. The van der Waals surface area contributed by atoms with Gasteiger partial charge in [0.1, 0.15) is 5.00 Å². The first-order valence-corrected chi connectivity index (χ1v) is 12.9. The topological polar surface area (TPSA) is 68.3 Å². The number of thiophene rings is 1. The number of esters is 1. The molecule has 2 heterocycles. The Bertz CT molecular complexity index is 1420. The van der Waals surface area contributed by atoms with Crippen LogP contribution in [0.15, 0.2) is 54.6 Å². The quantitative estimate of drug-likeness (QED) is 0.315. The molecule has 1 atom stereocenters. The molecule has 1 aliphatic rings. The molecule has 5 nitrogen and oxygen atoms in total. The predicted octanol–water partition coefficient (Wildman–Crippen LogP) is 6.83. The number of anilines is 1. The Labute approximate surface area is 209 Å². The van der Waals surface area contributed by atoms with Gasteiger partial charge in [0, 0.05) is 15.8 Å². The van der Waals surface area contributed by atoms with Crippen molar-refractivity contribution < 1.29 is 14.3 Å². The molecular formula is C29H28N2O3S. The van der Waals surface area contributed by atoms with Crippen LogP contribution in [-0.2, 0) is 17.6 Å². The van der Waals surface area contributed by atoms with Gasteiger partial charge in [0.15, 0.2) is 0 Å². The van der Waals surface area contributed by atoms with Crippen LogP contribution < -0.4 is 5.32 Å². The van der Waals surface area contributed by atoms with Crippen molar-refractivity contribution in [1.29, 1.82) is 0 Å². The number of amides is 1. The third kappa shape index (κ3) is 4.58. The van der Waals surface area contributed by atoms with Gasteiger partial charge >= 0.3 is 5.97 Å². The molecule has 178 valence electrons. The van der Waals surface area contributed by atoms with E-state index in [1.807, 2.05) is 61.5 Å². The Balaban J connectivity index is 1.57. The van der Waals surface area contributed by atoms with Gasteiger partial charge < -0.3 is 10.1 Å². The third-order valence-electron chi connectivity index (χ3n) is 6.53. The normalized spacial score (nSPS) is 15.0. The number of nitrogens with zero attached hydrogens (tertiary/aromatic N) is 1. The third-order valence-corrected chi connectivity index (χ3v) is 7.70. The lowest BCUT2D eigenvalue weighted by atomic mass is 9.88. The number of ether oxygens (including phenoxy) is 1. The van der Waals surface area contributed by atoms with Crippen molar-refractivity contribution in [2.24, 2.45) is 5.92 Å². The highest BCUT2D eigenvalue weighted by Gasteiger charge is 2.29. The molecule has 0 radical (unpaired) electrons. The van der Waals surface area contributed by atoms with Crippen molar-refractivity contribution in [2.75, 3.05) is 11.9 Å². The number of hydrogen-bond acceptors (Lipinski definition) is 5. The van der Waals surface area contributed by atoms with Gasteiger partial charge in [-0.3, -0.25) is 4.79 Å². The molecule has 2 aromatic heterocycles. The zero-order valence-corrected chi connectivity index (χ0v) is 21.0. The van der Waals surface area contributed by atoms with E-state index in [1.54, 1.807) is 6.92 Å². The molecule has 0 aliphatic heterocycles. The maximum absolute atomic E-state index is 13.7. The summed E-state index contributed by atoms with van der Waals surface area (Å²) >= 11 is 1.50. The molecule has 6 heteroatoms. The van der Waals surface area contributed by atoms with E-state index in [2.05, 4.69) is 12.2 Å². The molecule has 1 amide bonds. The monoisotopic (exact) mass is 484 g/mol. The first kappa shape index (κ1) is 23.2. The summed E-state index contributed by atoms with van der Waals surface area (Å²) in [5.74, 6) is -0.0649. The van der Waals surface area contributed by atoms with Crippen LogP contribution in [0.3, 0.4) is 0 Å². The fourth-order valence-corrected chi connectivity index (χ4v) is 6.06. The fourth-order valence-electron chi connectivity index (χ4n) is 4.66. The number of aromatic nitrogens is 1. The van der Waals surface area contributed by atoms with Crippen molar-refractivity contribution in [3.05, 3.63) is 81.7 Å². The van der Waals surface area contributed by atoms with Crippen LogP contribution in [0.1, 0.15) is 57.0 Å². The molecule has 1 aliphatic carbocycles. The highest BCUT2D eigenvalue weighted by molar-refractivity contribution is 7.17. The zero-order valence-electron chi connectivity index (χ0n) is 20.2. The summed E-state index contributed by atoms with van der Waals surface area (Å²) in [6, 6.07) is 17.6. The molecule has 0 bridgehead atoms. The molecule has 1 N–H and O–H groups in total. The minimum atomic E-state index is -0.366. The van der Waals surface area contributed by atoms with Crippen LogP contribution in [0.2, 0.25) is 0 Å². The van der Waals surface area contributed by atoms with Crippen molar-refractivity contribution in [3.63, 3.8) is 0 Å². The number of hydrogen-bond donors (Lipinski definition) is 1. The maximum Gasteiger partial charge on any atom is 0.341 e. The fraction of sp³-hybridized carbons (Fsp3) is 0.276. The van der Waals surface area contributed by atoms with Gasteiger partial charge in [-0.25, -0.2) is 9.78 Å². The standard InChI is InChI=1S/C29H28N2O3S/c1-4-34-29(33)26-21-14-11-18(3)15-25(21)35-28(26)31-27(32)22-16-24(19-12-9-17(2)10-13-19)30-23-8-6-5-7-20(22)23/h5-10,12-13,16,18H,4,11,14-15H2,1-3H3,(H,31,32)/t18-/m0/s1. The van der Waals surface area contributed by atoms with Crippen molar-refractivity contribution in [3.8, 4) is 11.3 Å². The molecule has 0 saturated carbocycles. The van der Waals surface area contributed by atoms with E-state index in [4.69, 9.17) is 9.72 Å². The van der Waals surface area contributed by atoms with Gasteiger partial charge in [0.2, 0.25) is 0 Å². The Kier molecular flexibility index (Phi) is 6.39. The maximum atomic E-state index is 13.7. The summed E-state index contributed by atoms with van der Waals surface area (Å²) in [6.45, 7) is 6.36. The highest BCUT2D eigenvalue weighted by Crippen LogP contribution is 2.40. The number of aryl methyl sites for hydroxylation is 1. The zero-order chi connectivity index (χ0) is 24.5. The van der Waals surface area contributed by atoms with Gasteiger partial charge in [0.05, 0.1) is 28.9 Å². The first-order chi connectivity index (χ1) is 16.9. The molecule has 4 aromatic rings. The van der Waals surface area contributed by atoms with E-state index in [1.165, 1.54) is 16.2 Å². The summed E-state index contributed by atoms with van der Waals surface area (Å²) in [4.78, 5) is 32.6. The summed E-state index contributed by atoms with van der Waals surface area (Å²) < 4.78 is 5.37. The molecular weight excluding hydrogens is 456 g/mol. The summed E-state index contributed by atoms with van der Waals surface area (Å²) in [7, 11) is 0. The van der Waals surface area contributed by atoms with Crippen LogP contribution in [0.25, 0.3) is 22.2 Å². The van der Waals surface area contributed by atoms with Gasteiger partial charge in [-0.15, -0.1) is 11.3 Å². The highest BCUT2D eigenvalue weighted by atomic mass is 32.1. The summed E-state index contributed by atoms with van der Waals surface area (Å²) in [6.07, 6.45) is 2.77. The number of fused-ring (bicyclic) bond motifs is 2. The van der Waals surface area contributed by atoms with Crippen LogP contribution in [0.5, 0.6) is 0 Å². The largest absolute Gasteiger partial charge is 0.462 e. The number of carbonyl (C=O) groups excluding carboxylic acids is 2. The summed E-state index contributed by atoms with van der Waals surface area (Å²) in [5.41, 5.74) is 5.67. The van der Waals surface area contributed by atoms with Gasteiger partial charge in [-0.1, -0.05) is 55.0 Å². The number of benzene rings is 2. The van der Waals surface area contributed by atoms with E-state index in [-0.39, 0.29) is 11.9 Å². The number of pyridine rings is 1. The first-order valence-electron chi connectivity index (χ1n) is 12.0. The molecule has 5 rings (SSSR count). The SMILES string of the molecule is CCOC(=O)c1c(NC(=O)c2cc(-c3ccc(C)cc3)nc3ccccc23)sc2c1CC[C@H](C)C2. The molecule has 2 aromatic carbocycles. The van der Waals surface area contributed by atoms with Gasteiger partial charge in [-0.2, -0.15) is 0 Å². The van der Waals surface area contributed by atoms with Crippen LogP contribution in [0.4, 0.5) is 5.00 Å². The van der Waals surface area contributed by atoms with Crippen LogP contribution in [0, 0.1) is 12.8 Å². The van der Waals surface area contributed by atoms with E-state index in [0.717, 1.165) is 52.5 Å². The average molecular weight is 485 g/mol. The lowest BCUT2D eigenvalue weighted by Crippen LogP contribution is -2.17. The molecule has 0 fully saturated rings. The Morgan fingerprint density at radius 2 is 1.91 bits per heavy atom. The number of para-hydroxylation sites is 1. The predicted molar refractivity (Wildman–Crippen MR) is 141 cm³/mol. The summed E-state index contributed by atoms with van der Waals surface area (Å²) in [5, 5.41) is 4.42. The second-order valence-electron chi connectivity index (χ2n) is 9.17. The van der Waals surface area contributed by atoms with E-state index < -0.39 is 0 Å². The average Bonchev–Trinajstić information content (AvgIpc) is 3.20. The number of carbonyl (C=O) groups is 2. The van der Waals surface area contributed by atoms with Crippen molar-refractivity contribution in [2.45, 2.75) is 40.0 Å². The Morgan fingerprint density at radius 1 is 1.14 bits per heavy atom. The number of rotatable bonds is 5. The number of nitrogens with one attached hydrogen (secondary N) is 1. The molecule has 35 heavy (non-hydrogen) atoms. The van der Waals surface area contributed by atoms with Gasteiger partial charge in [0.25, 0.3) is 5.91 Å².